The average Bonchev–Trinajstić information content (AvgIpc) is 2.80. The average molecular weight is 260 g/mol. The van der Waals surface area contributed by atoms with Crippen molar-refractivity contribution in [2.75, 3.05) is 38.5 Å². The molecule has 1 aliphatic rings. The molecule has 0 aliphatic carbocycles. The third kappa shape index (κ3) is 2.91. The molecular weight excluding hydrogens is 240 g/mol. The van der Waals surface area contributed by atoms with Crippen molar-refractivity contribution < 1.29 is 4.79 Å². The van der Waals surface area contributed by atoms with Gasteiger partial charge < -0.3 is 15.2 Å². The minimum atomic E-state index is 0.0545. The van der Waals surface area contributed by atoms with E-state index in [4.69, 9.17) is 12.2 Å². The number of aromatic nitrogens is 1. The largest absolute Gasteiger partial charge is 0.397 e. The molecule has 0 bridgehead atoms. The van der Waals surface area contributed by atoms with Crippen molar-refractivity contribution in [1.82, 2.24) is 14.4 Å². The number of terminal acetylenes is 1. The Kier molecular flexibility index (Phi) is 4.13. The Labute approximate surface area is 114 Å². The minimum Gasteiger partial charge on any atom is -0.397 e. The minimum absolute atomic E-state index is 0.0545. The molecular formula is C14H20N4O. The summed E-state index contributed by atoms with van der Waals surface area (Å²) < 4.78 is 1.89. The van der Waals surface area contributed by atoms with Gasteiger partial charge in [-0.25, -0.2) is 0 Å². The van der Waals surface area contributed by atoms with Crippen LogP contribution in [0.1, 0.15) is 17.4 Å². The van der Waals surface area contributed by atoms with Crippen LogP contribution in [0.15, 0.2) is 12.3 Å². The highest BCUT2D eigenvalue weighted by Crippen LogP contribution is 2.14. The Morgan fingerprint density at radius 3 is 2.68 bits per heavy atom. The number of nitrogen functional groups attached to an aromatic ring is 1. The molecule has 2 rings (SSSR count). The first kappa shape index (κ1) is 13.5. The van der Waals surface area contributed by atoms with E-state index in [1.807, 2.05) is 22.6 Å². The molecule has 1 aliphatic heterocycles. The molecule has 5 heteroatoms. The molecule has 1 saturated heterocycles. The van der Waals surface area contributed by atoms with Gasteiger partial charge in [-0.2, -0.15) is 0 Å². The predicted octanol–water partition coefficient (Wildman–Crippen LogP) is 0.481. The second kappa shape index (κ2) is 5.81. The van der Waals surface area contributed by atoms with Crippen molar-refractivity contribution >= 4 is 11.6 Å². The van der Waals surface area contributed by atoms with E-state index in [0.717, 1.165) is 32.7 Å². The number of piperazine rings is 1. The van der Waals surface area contributed by atoms with E-state index in [1.165, 1.54) is 0 Å². The lowest BCUT2D eigenvalue weighted by atomic mass is 10.2. The van der Waals surface area contributed by atoms with E-state index in [2.05, 4.69) is 10.8 Å². The lowest BCUT2D eigenvalue weighted by Crippen LogP contribution is -2.49. The van der Waals surface area contributed by atoms with Crippen LogP contribution in [0.25, 0.3) is 0 Å². The van der Waals surface area contributed by atoms with E-state index in [0.29, 0.717) is 17.9 Å². The zero-order valence-electron chi connectivity index (χ0n) is 11.3. The number of rotatable bonds is 3. The second-order valence-corrected chi connectivity index (χ2v) is 4.72. The van der Waals surface area contributed by atoms with Gasteiger partial charge in [0.1, 0.15) is 5.69 Å². The SMILES string of the molecule is C#CCN1CCN(C(=O)c2cc(N)cn2CC)CC1. The monoisotopic (exact) mass is 260 g/mol. The normalized spacial score (nSPS) is 16.3. The van der Waals surface area contributed by atoms with E-state index in [-0.39, 0.29) is 5.91 Å². The van der Waals surface area contributed by atoms with Gasteiger partial charge in [0.15, 0.2) is 0 Å². The van der Waals surface area contributed by atoms with Gasteiger partial charge in [-0.1, -0.05) is 5.92 Å². The molecule has 2 N–H and O–H groups in total. The lowest BCUT2D eigenvalue weighted by Gasteiger charge is -2.33. The molecule has 1 aromatic rings. The summed E-state index contributed by atoms with van der Waals surface area (Å²) in [5.41, 5.74) is 7.07. The molecule has 102 valence electrons. The first-order valence-corrected chi connectivity index (χ1v) is 6.56. The van der Waals surface area contributed by atoms with Crippen LogP contribution in [-0.4, -0.2) is 53.0 Å². The maximum Gasteiger partial charge on any atom is 0.270 e. The Hall–Kier alpha value is -1.93. The lowest BCUT2D eigenvalue weighted by molar-refractivity contribution is 0.0641. The zero-order chi connectivity index (χ0) is 13.8. The van der Waals surface area contributed by atoms with Crippen LogP contribution in [0.5, 0.6) is 0 Å². The fourth-order valence-corrected chi connectivity index (χ4v) is 2.37. The van der Waals surface area contributed by atoms with Crippen LogP contribution >= 0.6 is 0 Å². The summed E-state index contributed by atoms with van der Waals surface area (Å²) in [4.78, 5) is 16.5. The molecule has 1 fully saturated rings. The summed E-state index contributed by atoms with van der Waals surface area (Å²) in [5, 5.41) is 0. The molecule has 0 radical (unpaired) electrons. The van der Waals surface area contributed by atoms with E-state index in [9.17, 15) is 4.79 Å². The van der Waals surface area contributed by atoms with Crippen molar-refractivity contribution in [3.05, 3.63) is 18.0 Å². The molecule has 1 amide bonds. The summed E-state index contributed by atoms with van der Waals surface area (Å²) in [6.45, 7) is 6.50. The molecule has 0 unspecified atom stereocenters. The van der Waals surface area contributed by atoms with Crippen LogP contribution in [-0.2, 0) is 6.54 Å². The number of aryl methyl sites for hydroxylation is 1. The summed E-state index contributed by atoms with van der Waals surface area (Å²) in [6, 6.07) is 1.75. The number of amides is 1. The number of carbonyl (C=O) groups excluding carboxylic acids is 1. The smallest absolute Gasteiger partial charge is 0.270 e. The molecule has 0 aromatic carbocycles. The molecule has 0 saturated carbocycles. The van der Waals surface area contributed by atoms with Crippen molar-refractivity contribution in [3.8, 4) is 12.3 Å². The van der Waals surface area contributed by atoms with Crippen molar-refractivity contribution in [3.63, 3.8) is 0 Å². The van der Waals surface area contributed by atoms with Gasteiger partial charge in [-0.05, 0) is 13.0 Å². The number of nitrogens with zero attached hydrogens (tertiary/aromatic N) is 3. The number of nitrogens with two attached hydrogens (primary N) is 1. The fraction of sp³-hybridized carbons (Fsp3) is 0.500. The molecule has 1 aromatic heterocycles. The maximum absolute atomic E-state index is 12.4. The van der Waals surface area contributed by atoms with Gasteiger partial charge in [0.05, 0.1) is 12.2 Å². The van der Waals surface area contributed by atoms with Crippen LogP contribution in [0.3, 0.4) is 0 Å². The zero-order valence-corrected chi connectivity index (χ0v) is 11.3. The quantitative estimate of drug-likeness (QED) is 0.804. The highest BCUT2D eigenvalue weighted by atomic mass is 16.2. The Balaban J connectivity index is 2.03. The molecule has 19 heavy (non-hydrogen) atoms. The van der Waals surface area contributed by atoms with E-state index >= 15 is 0 Å². The topological polar surface area (TPSA) is 54.5 Å². The maximum atomic E-state index is 12.4. The molecule has 0 spiro atoms. The first-order chi connectivity index (χ1) is 9.15. The van der Waals surface area contributed by atoms with Gasteiger partial charge in [-0.3, -0.25) is 9.69 Å². The van der Waals surface area contributed by atoms with Gasteiger partial charge in [0.2, 0.25) is 0 Å². The number of hydrogen-bond acceptors (Lipinski definition) is 3. The van der Waals surface area contributed by atoms with Crippen molar-refractivity contribution in [2.24, 2.45) is 0 Å². The number of hydrogen-bond donors (Lipinski definition) is 1. The predicted molar refractivity (Wildman–Crippen MR) is 75.7 cm³/mol. The van der Waals surface area contributed by atoms with E-state index < -0.39 is 0 Å². The summed E-state index contributed by atoms with van der Waals surface area (Å²) >= 11 is 0. The Morgan fingerprint density at radius 2 is 2.11 bits per heavy atom. The van der Waals surface area contributed by atoms with Gasteiger partial charge in [0, 0.05) is 38.9 Å². The van der Waals surface area contributed by atoms with Gasteiger partial charge >= 0.3 is 0 Å². The van der Waals surface area contributed by atoms with Gasteiger partial charge in [-0.15, -0.1) is 6.42 Å². The third-order valence-electron chi connectivity index (χ3n) is 3.45. The highest BCUT2D eigenvalue weighted by Gasteiger charge is 2.23. The Bertz CT molecular complexity index is 492. The van der Waals surface area contributed by atoms with Crippen LogP contribution in [0.2, 0.25) is 0 Å². The van der Waals surface area contributed by atoms with Crippen LogP contribution in [0.4, 0.5) is 5.69 Å². The number of carbonyl (C=O) groups is 1. The first-order valence-electron chi connectivity index (χ1n) is 6.56. The van der Waals surface area contributed by atoms with Gasteiger partial charge in [0.25, 0.3) is 5.91 Å². The summed E-state index contributed by atoms with van der Waals surface area (Å²) in [7, 11) is 0. The summed E-state index contributed by atoms with van der Waals surface area (Å²) in [5.74, 6) is 2.69. The molecule has 5 nitrogen and oxygen atoms in total. The van der Waals surface area contributed by atoms with Crippen molar-refractivity contribution in [1.29, 1.82) is 0 Å². The van der Waals surface area contributed by atoms with Crippen LogP contribution < -0.4 is 5.73 Å². The molecule has 2 heterocycles. The Morgan fingerprint density at radius 1 is 1.42 bits per heavy atom. The second-order valence-electron chi connectivity index (χ2n) is 4.72. The number of anilines is 1. The third-order valence-corrected chi connectivity index (χ3v) is 3.45. The van der Waals surface area contributed by atoms with E-state index in [1.54, 1.807) is 6.07 Å². The molecule has 0 atom stereocenters. The van der Waals surface area contributed by atoms with Crippen LogP contribution in [0, 0.1) is 12.3 Å². The fourth-order valence-electron chi connectivity index (χ4n) is 2.37. The summed E-state index contributed by atoms with van der Waals surface area (Å²) in [6.07, 6.45) is 7.10. The highest BCUT2D eigenvalue weighted by molar-refractivity contribution is 5.94. The van der Waals surface area contributed by atoms with Crippen molar-refractivity contribution in [2.45, 2.75) is 13.5 Å². The standard InChI is InChI=1S/C14H20N4O/c1-3-5-16-6-8-18(9-7-16)14(19)13-10-12(15)11-17(13)4-2/h1,10-11H,4-9,15H2,2H3.